The van der Waals surface area contributed by atoms with Gasteiger partial charge in [0.1, 0.15) is 6.61 Å². The van der Waals surface area contributed by atoms with Gasteiger partial charge in [-0.05, 0) is 55.4 Å². The maximum Gasteiger partial charge on any atom is 0.337 e. The van der Waals surface area contributed by atoms with E-state index in [0.29, 0.717) is 16.5 Å². The number of piperidine rings is 1. The molecule has 2 aromatic heterocycles. The van der Waals surface area contributed by atoms with Crippen molar-refractivity contribution in [3.8, 4) is 0 Å². The Morgan fingerprint density at radius 2 is 1.93 bits per heavy atom. The van der Waals surface area contributed by atoms with Gasteiger partial charge in [-0.2, -0.15) is 0 Å². The van der Waals surface area contributed by atoms with Crippen molar-refractivity contribution in [3.05, 3.63) is 41.6 Å². The van der Waals surface area contributed by atoms with E-state index in [0.717, 1.165) is 35.5 Å². The number of fused-ring (bicyclic) bond motifs is 3. The summed E-state index contributed by atoms with van der Waals surface area (Å²) in [4.78, 5) is 31.0. The largest absolute Gasteiger partial charge is 0.465 e. The van der Waals surface area contributed by atoms with Crippen LogP contribution in [0.5, 0.6) is 0 Å². The van der Waals surface area contributed by atoms with Gasteiger partial charge < -0.3 is 18.8 Å². The van der Waals surface area contributed by atoms with Gasteiger partial charge in [0.05, 0.1) is 29.2 Å². The first-order valence-electron chi connectivity index (χ1n) is 10.4. The van der Waals surface area contributed by atoms with Gasteiger partial charge in [0.15, 0.2) is 5.82 Å². The fourth-order valence-corrected chi connectivity index (χ4v) is 4.60. The molecule has 1 saturated heterocycles. The van der Waals surface area contributed by atoms with Gasteiger partial charge in [0.25, 0.3) is 0 Å². The molecule has 0 amide bonds. The summed E-state index contributed by atoms with van der Waals surface area (Å²) in [5, 5.41) is 0. The van der Waals surface area contributed by atoms with E-state index in [4.69, 9.17) is 14.5 Å². The van der Waals surface area contributed by atoms with Crippen LogP contribution in [0.1, 0.15) is 48.5 Å². The van der Waals surface area contributed by atoms with Crippen LogP contribution in [0.4, 0.5) is 5.82 Å². The third-order valence-electron chi connectivity index (χ3n) is 6.55. The summed E-state index contributed by atoms with van der Waals surface area (Å²) in [5.41, 5.74) is 4.24. The SMILES string of the molecule is COC(=O)c1cc(COC(C)=O)c2c(c1)nc(N1CCC3(CC1)CC3)c1cccn12. The number of hydrogen-bond donors (Lipinski definition) is 0. The lowest BCUT2D eigenvalue weighted by Crippen LogP contribution is -2.35. The molecule has 1 aliphatic heterocycles. The lowest BCUT2D eigenvalue weighted by molar-refractivity contribution is -0.142. The first kappa shape index (κ1) is 18.9. The summed E-state index contributed by atoms with van der Waals surface area (Å²) < 4.78 is 12.3. The summed E-state index contributed by atoms with van der Waals surface area (Å²) in [6, 6.07) is 7.53. The predicted molar refractivity (Wildman–Crippen MR) is 113 cm³/mol. The van der Waals surface area contributed by atoms with Gasteiger partial charge >= 0.3 is 11.9 Å². The molecule has 30 heavy (non-hydrogen) atoms. The Bertz CT molecular complexity index is 1150. The number of benzene rings is 1. The number of esters is 2. The quantitative estimate of drug-likeness (QED) is 0.614. The van der Waals surface area contributed by atoms with Crippen LogP contribution in [0.15, 0.2) is 30.5 Å². The Hall–Kier alpha value is -3.09. The summed E-state index contributed by atoms with van der Waals surface area (Å²) >= 11 is 0. The first-order valence-corrected chi connectivity index (χ1v) is 10.4. The minimum absolute atomic E-state index is 0.0667. The van der Waals surface area contributed by atoms with Crippen molar-refractivity contribution in [1.29, 1.82) is 0 Å². The molecule has 7 heteroatoms. The van der Waals surface area contributed by atoms with Crippen LogP contribution in [0.2, 0.25) is 0 Å². The van der Waals surface area contributed by atoms with Crippen LogP contribution in [0.25, 0.3) is 16.6 Å². The van der Waals surface area contributed by atoms with Crippen LogP contribution >= 0.6 is 0 Å². The van der Waals surface area contributed by atoms with Crippen molar-refractivity contribution in [3.63, 3.8) is 0 Å². The fourth-order valence-electron chi connectivity index (χ4n) is 4.60. The van der Waals surface area contributed by atoms with Gasteiger partial charge in [-0.1, -0.05) is 0 Å². The number of carbonyl (C=O) groups excluding carboxylic acids is 2. The van der Waals surface area contributed by atoms with E-state index >= 15 is 0 Å². The van der Waals surface area contributed by atoms with Crippen molar-refractivity contribution in [2.45, 2.75) is 39.2 Å². The molecule has 1 aliphatic carbocycles. The third kappa shape index (κ3) is 3.18. The zero-order chi connectivity index (χ0) is 20.9. The Morgan fingerprint density at radius 1 is 1.17 bits per heavy atom. The second-order valence-corrected chi connectivity index (χ2v) is 8.46. The lowest BCUT2D eigenvalue weighted by Gasteiger charge is -2.33. The number of nitrogens with zero attached hydrogens (tertiary/aromatic N) is 3. The van der Waals surface area contributed by atoms with Gasteiger partial charge in [-0.3, -0.25) is 4.79 Å². The standard InChI is InChI=1S/C23H25N3O4/c1-15(27)30-14-17-12-16(22(28)29-2)13-18-20(17)26-9-3-4-19(26)21(24-18)25-10-7-23(5-6-23)8-11-25/h3-4,9,12-13H,5-8,10-11,14H2,1-2H3. The van der Waals surface area contributed by atoms with Crippen molar-refractivity contribution < 1.29 is 19.1 Å². The van der Waals surface area contributed by atoms with Crippen LogP contribution in [0, 0.1) is 5.41 Å². The normalized spacial score (nSPS) is 17.5. The van der Waals surface area contributed by atoms with E-state index in [1.807, 2.05) is 12.3 Å². The van der Waals surface area contributed by atoms with Crippen LogP contribution in [-0.4, -0.2) is 41.5 Å². The Kier molecular flexibility index (Phi) is 4.41. The molecule has 7 nitrogen and oxygen atoms in total. The van der Waals surface area contributed by atoms with E-state index in [1.165, 1.54) is 39.7 Å². The highest BCUT2D eigenvalue weighted by Crippen LogP contribution is 2.54. The number of aromatic nitrogens is 2. The van der Waals surface area contributed by atoms with Gasteiger partial charge in [-0.25, -0.2) is 9.78 Å². The molecule has 1 spiro atoms. The Morgan fingerprint density at radius 3 is 2.60 bits per heavy atom. The fraction of sp³-hybridized carbons (Fsp3) is 0.435. The second kappa shape index (κ2) is 7.00. The van der Waals surface area contributed by atoms with Crippen LogP contribution in [0.3, 0.4) is 0 Å². The average molecular weight is 407 g/mol. The highest BCUT2D eigenvalue weighted by molar-refractivity contribution is 5.96. The van der Waals surface area contributed by atoms with Crippen molar-refractivity contribution in [2.75, 3.05) is 25.1 Å². The van der Waals surface area contributed by atoms with E-state index < -0.39 is 5.97 Å². The molecule has 3 heterocycles. The summed E-state index contributed by atoms with van der Waals surface area (Å²) in [5.74, 6) is 0.122. The molecule has 0 bridgehead atoms. The maximum absolute atomic E-state index is 12.3. The monoisotopic (exact) mass is 407 g/mol. The molecule has 5 rings (SSSR count). The maximum atomic E-state index is 12.3. The van der Waals surface area contributed by atoms with Gasteiger partial charge in [0, 0.05) is 31.8 Å². The molecule has 0 N–H and O–H groups in total. The number of hydrogen-bond acceptors (Lipinski definition) is 6. The molecule has 2 aliphatic rings. The predicted octanol–water partition coefficient (Wildman–Crippen LogP) is 3.72. The molecule has 156 valence electrons. The zero-order valence-electron chi connectivity index (χ0n) is 17.3. The van der Waals surface area contributed by atoms with Crippen LogP contribution in [-0.2, 0) is 20.9 Å². The molecule has 0 radical (unpaired) electrons. The van der Waals surface area contributed by atoms with E-state index in [2.05, 4.69) is 15.4 Å². The number of methoxy groups -OCH3 is 1. The van der Waals surface area contributed by atoms with E-state index in [-0.39, 0.29) is 12.6 Å². The van der Waals surface area contributed by atoms with Crippen LogP contribution < -0.4 is 4.90 Å². The summed E-state index contributed by atoms with van der Waals surface area (Å²) in [7, 11) is 1.35. The highest BCUT2D eigenvalue weighted by Gasteiger charge is 2.44. The molecule has 0 unspecified atom stereocenters. The molecule has 1 saturated carbocycles. The Balaban J connectivity index is 1.66. The molecule has 0 atom stereocenters. The Labute approximate surface area is 174 Å². The third-order valence-corrected chi connectivity index (χ3v) is 6.55. The second-order valence-electron chi connectivity index (χ2n) is 8.46. The lowest BCUT2D eigenvalue weighted by atomic mass is 9.94. The number of carbonyl (C=O) groups is 2. The summed E-state index contributed by atoms with van der Waals surface area (Å²) in [6.07, 6.45) is 7.12. The first-order chi connectivity index (χ1) is 14.5. The number of rotatable bonds is 4. The highest BCUT2D eigenvalue weighted by atomic mass is 16.5. The van der Waals surface area contributed by atoms with Crippen molar-refractivity contribution in [2.24, 2.45) is 5.41 Å². The minimum Gasteiger partial charge on any atom is -0.465 e. The molecule has 1 aromatic carbocycles. The zero-order valence-corrected chi connectivity index (χ0v) is 17.3. The topological polar surface area (TPSA) is 73.1 Å². The smallest absolute Gasteiger partial charge is 0.337 e. The van der Waals surface area contributed by atoms with Crippen molar-refractivity contribution in [1.82, 2.24) is 9.38 Å². The minimum atomic E-state index is -0.439. The summed E-state index contributed by atoms with van der Waals surface area (Å²) in [6.45, 7) is 3.43. The molecule has 2 fully saturated rings. The number of ether oxygens (including phenoxy) is 2. The van der Waals surface area contributed by atoms with Crippen molar-refractivity contribution >= 4 is 34.3 Å². The van der Waals surface area contributed by atoms with Gasteiger partial charge in [-0.15, -0.1) is 0 Å². The molecule has 3 aromatic rings. The van der Waals surface area contributed by atoms with E-state index in [1.54, 1.807) is 12.1 Å². The van der Waals surface area contributed by atoms with E-state index in [9.17, 15) is 9.59 Å². The number of anilines is 1. The molecular weight excluding hydrogens is 382 g/mol. The average Bonchev–Trinajstić information content (AvgIpc) is 3.31. The van der Waals surface area contributed by atoms with Gasteiger partial charge in [0.2, 0.25) is 0 Å². The molecular formula is C23H25N3O4.